The Hall–Kier alpha value is -1.87. The lowest BCUT2D eigenvalue weighted by molar-refractivity contribution is 0.0884. The summed E-state index contributed by atoms with van der Waals surface area (Å²) >= 11 is 0. The summed E-state index contributed by atoms with van der Waals surface area (Å²) in [6.07, 6.45) is 4.73. The Morgan fingerprint density at radius 3 is 2.50 bits per heavy atom. The summed E-state index contributed by atoms with van der Waals surface area (Å²) in [7, 11) is 2.23. The SMILES string of the molecule is CN1[C@@H]2CC[C@H]1CC(NC(=O)c1cccc3ccccc13)C2. The Labute approximate surface area is 131 Å². The van der Waals surface area contributed by atoms with Gasteiger partial charge in [-0.3, -0.25) is 4.79 Å². The van der Waals surface area contributed by atoms with Crippen molar-refractivity contribution >= 4 is 16.7 Å². The van der Waals surface area contributed by atoms with Gasteiger partial charge in [-0.25, -0.2) is 0 Å². The standard InChI is InChI=1S/C19H22N2O/c1-21-15-9-10-16(21)12-14(11-15)20-19(22)18-8-4-6-13-5-2-3-7-17(13)18/h2-8,14-16H,9-12H2,1H3,(H,20,22)/t14?,15-,16+. The van der Waals surface area contributed by atoms with Crippen molar-refractivity contribution in [3.05, 3.63) is 48.0 Å². The third-order valence-electron chi connectivity index (χ3n) is 5.47. The van der Waals surface area contributed by atoms with Crippen LogP contribution in [0.3, 0.4) is 0 Å². The summed E-state index contributed by atoms with van der Waals surface area (Å²) in [6, 6.07) is 15.7. The van der Waals surface area contributed by atoms with E-state index in [1.54, 1.807) is 0 Å². The molecular weight excluding hydrogens is 272 g/mol. The fourth-order valence-electron chi connectivity index (χ4n) is 4.22. The smallest absolute Gasteiger partial charge is 0.252 e. The summed E-state index contributed by atoms with van der Waals surface area (Å²) in [5.74, 6) is 0.0748. The molecular formula is C19H22N2O. The Morgan fingerprint density at radius 1 is 1.05 bits per heavy atom. The Morgan fingerprint density at radius 2 is 1.73 bits per heavy atom. The fraction of sp³-hybridized carbons (Fsp3) is 0.421. The average molecular weight is 294 g/mol. The van der Waals surface area contributed by atoms with E-state index < -0.39 is 0 Å². The maximum atomic E-state index is 12.7. The van der Waals surface area contributed by atoms with Crippen molar-refractivity contribution in [3.63, 3.8) is 0 Å². The molecule has 2 saturated heterocycles. The summed E-state index contributed by atoms with van der Waals surface area (Å²) in [6.45, 7) is 0. The summed E-state index contributed by atoms with van der Waals surface area (Å²) < 4.78 is 0. The number of fused-ring (bicyclic) bond motifs is 3. The number of nitrogens with one attached hydrogen (secondary N) is 1. The molecule has 22 heavy (non-hydrogen) atoms. The highest BCUT2D eigenvalue weighted by molar-refractivity contribution is 6.07. The minimum Gasteiger partial charge on any atom is -0.349 e. The van der Waals surface area contributed by atoms with E-state index in [0.717, 1.165) is 29.2 Å². The number of rotatable bonds is 2. The van der Waals surface area contributed by atoms with Gasteiger partial charge in [0.25, 0.3) is 5.91 Å². The lowest BCUT2D eigenvalue weighted by Crippen LogP contribution is -2.48. The molecule has 0 spiro atoms. The monoisotopic (exact) mass is 294 g/mol. The predicted molar refractivity (Wildman–Crippen MR) is 89.0 cm³/mol. The maximum Gasteiger partial charge on any atom is 0.252 e. The normalized spacial score (nSPS) is 28.0. The van der Waals surface area contributed by atoms with Crippen LogP contribution in [0.2, 0.25) is 0 Å². The van der Waals surface area contributed by atoms with Gasteiger partial charge in [0.05, 0.1) is 0 Å². The molecule has 2 heterocycles. The third-order valence-corrected chi connectivity index (χ3v) is 5.47. The first-order valence-corrected chi connectivity index (χ1v) is 8.23. The number of amides is 1. The van der Waals surface area contributed by atoms with E-state index in [-0.39, 0.29) is 5.91 Å². The largest absolute Gasteiger partial charge is 0.349 e. The van der Waals surface area contributed by atoms with Gasteiger partial charge in [-0.15, -0.1) is 0 Å². The van der Waals surface area contributed by atoms with Crippen LogP contribution in [0.4, 0.5) is 0 Å². The first-order valence-electron chi connectivity index (χ1n) is 8.23. The van der Waals surface area contributed by atoms with Crippen molar-refractivity contribution in [2.75, 3.05) is 7.05 Å². The molecule has 0 radical (unpaired) electrons. The second kappa shape index (κ2) is 5.40. The van der Waals surface area contributed by atoms with Crippen LogP contribution < -0.4 is 5.32 Å². The molecule has 2 bridgehead atoms. The first kappa shape index (κ1) is 13.8. The summed E-state index contributed by atoms with van der Waals surface area (Å²) in [5.41, 5.74) is 0.796. The van der Waals surface area contributed by atoms with E-state index in [4.69, 9.17) is 0 Å². The molecule has 114 valence electrons. The number of hydrogen-bond acceptors (Lipinski definition) is 2. The zero-order chi connectivity index (χ0) is 15.1. The topological polar surface area (TPSA) is 32.3 Å². The number of carbonyl (C=O) groups is 1. The molecule has 3 nitrogen and oxygen atoms in total. The first-order chi connectivity index (χ1) is 10.7. The van der Waals surface area contributed by atoms with Gasteiger partial charge in [0.2, 0.25) is 0 Å². The lowest BCUT2D eigenvalue weighted by Gasteiger charge is -2.36. The number of nitrogens with zero attached hydrogens (tertiary/aromatic N) is 1. The van der Waals surface area contributed by atoms with Gasteiger partial charge in [-0.1, -0.05) is 36.4 Å². The Balaban J connectivity index is 1.55. The third kappa shape index (κ3) is 2.30. The van der Waals surface area contributed by atoms with Crippen LogP contribution in [0.5, 0.6) is 0 Å². The molecule has 4 rings (SSSR count). The summed E-state index contributed by atoms with van der Waals surface area (Å²) in [5, 5.41) is 5.45. The highest BCUT2D eigenvalue weighted by atomic mass is 16.1. The minimum absolute atomic E-state index is 0.0748. The van der Waals surface area contributed by atoms with Crippen molar-refractivity contribution in [3.8, 4) is 0 Å². The van der Waals surface area contributed by atoms with E-state index in [9.17, 15) is 4.79 Å². The van der Waals surface area contributed by atoms with Gasteiger partial charge in [-0.2, -0.15) is 0 Å². The minimum atomic E-state index is 0.0748. The fourth-order valence-corrected chi connectivity index (χ4v) is 4.22. The van der Waals surface area contributed by atoms with E-state index in [1.165, 1.54) is 12.8 Å². The number of hydrogen-bond donors (Lipinski definition) is 1. The molecule has 3 atom stereocenters. The zero-order valence-corrected chi connectivity index (χ0v) is 13.0. The number of piperidine rings is 1. The molecule has 0 aromatic heterocycles. The van der Waals surface area contributed by atoms with Crippen molar-refractivity contribution < 1.29 is 4.79 Å². The molecule has 0 saturated carbocycles. The zero-order valence-electron chi connectivity index (χ0n) is 13.0. The molecule has 2 aromatic carbocycles. The number of benzene rings is 2. The van der Waals surface area contributed by atoms with Gasteiger partial charge in [0, 0.05) is 23.7 Å². The van der Waals surface area contributed by atoms with Crippen LogP contribution in [-0.4, -0.2) is 36.0 Å². The highest BCUT2D eigenvalue weighted by Gasteiger charge is 2.38. The molecule has 0 aliphatic carbocycles. The second-order valence-corrected chi connectivity index (χ2v) is 6.72. The Bertz CT molecular complexity index is 692. The van der Waals surface area contributed by atoms with Crippen LogP contribution in [0, 0.1) is 0 Å². The van der Waals surface area contributed by atoms with Crippen molar-refractivity contribution in [1.29, 1.82) is 0 Å². The van der Waals surface area contributed by atoms with E-state index in [2.05, 4.69) is 29.4 Å². The molecule has 2 aromatic rings. The van der Waals surface area contributed by atoms with E-state index >= 15 is 0 Å². The maximum absolute atomic E-state index is 12.7. The van der Waals surface area contributed by atoms with Crippen LogP contribution in [-0.2, 0) is 0 Å². The molecule has 1 N–H and O–H groups in total. The Kier molecular flexibility index (Phi) is 3.38. The van der Waals surface area contributed by atoms with Crippen molar-refractivity contribution in [2.24, 2.45) is 0 Å². The van der Waals surface area contributed by atoms with Crippen molar-refractivity contribution in [2.45, 2.75) is 43.8 Å². The predicted octanol–water partition coefficient (Wildman–Crippen LogP) is 3.19. The van der Waals surface area contributed by atoms with E-state index in [1.807, 2.05) is 30.3 Å². The summed E-state index contributed by atoms with van der Waals surface area (Å²) in [4.78, 5) is 15.2. The molecule has 1 amide bonds. The number of carbonyl (C=O) groups excluding carboxylic acids is 1. The van der Waals surface area contributed by atoms with E-state index in [0.29, 0.717) is 18.1 Å². The van der Waals surface area contributed by atoms with Gasteiger partial charge in [-0.05, 0) is 49.6 Å². The molecule has 1 unspecified atom stereocenters. The van der Waals surface area contributed by atoms with Gasteiger partial charge < -0.3 is 10.2 Å². The highest BCUT2D eigenvalue weighted by Crippen LogP contribution is 2.34. The quantitative estimate of drug-likeness (QED) is 0.922. The molecule has 2 aliphatic heterocycles. The van der Waals surface area contributed by atoms with Gasteiger partial charge in [0.15, 0.2) is 0 Å². The van der Waals surface area contributed by atoms with Crippen LogP contribution >= 0.6 is 0 Å². The van der Waals surface area contributed by atoms with Crippen LogP contribution in [0.15, 0.2) is 42.5 Å². The van der Waals surface area contributed by atoms with Gasteiger partial charge >= 0.3 is 0 Å². The van der Waals surface area contributed by atoms with Gasteiger partial charge in [0.1, 0.15) is 0 Å². The second-order valence-electron chi connectivity index (χ2n) is 6.72. The average Bonchev–Trinajstić information content (AvgIpc) is 2.75. The van der Waals surface area contributed by atoms with Crippen molar-refractivity contribution in [1.82, 2.24) is 10.2 Å². The molecule has 3 heteroatoms. The van der Waals surface area contributed by atoms with Crippen LogP contribution in [0.25, 0.3) is 10.8 Å². The lowest BCUT2D eigenvalue weighted by atomic mass is 9.97. The molecule has 2 fully saturated rings. The van der Waals surface area contributed by atoms with Crippen LogP contribution in [0.1, 0.15) is 36.0 Å². The molecule has 2 aliphatic rings.